The van der Waals surface area contributed by atoms with Gasteiger partial charge in [0.1, 0.15) is 11.8 Å². The zero-order valence-electron chi connectivity index (χ0n) is 17.9. The van der Waals surface area contributed by atoms with Gasteiger partial charge < -0.3 is 15.0 Å². The van der Waals surface area contributed by atoms with Crippen LogP contribution in [0, 0.1) is 0 Å². The summed E-state index contributed by atoms with van der Waals surface area (Å²) in [6.07, 6.45) is 4.38. The van der Waals surface area contributed by atoms with Crippen LogP contribution < -0.4 is 10.1 Å². The molecule has 0 bridgehead atoms. The smallest absolute Gasteiger partial charge is 0.242 e. The van der Waals surface area contributed by atoms with E-state index in [1.54, 1.807) is 37.1 Å². The molecule has 1 saturated carbocycles. The molecule has 1 N–H and O–H groups in total. The normalized spacial score (nSPS) is 14.8. The molecule has 1 unspecified atom stereocenters. The third kappa shape index (κ3) is 6.37. The predicted octanol–water partition coefficient (Wildman–Crippen LogP) is 5.02. The van der Waals surface area contributed by atoms with Crippen LogP contribution in [0.1, 0.15) is 43.7 Å². The SMILES string of the molecule is COc1ccc(CN(C(=O)Cc2ccc(Cl)c(Cl)c2)C(C)C(=O)NC2CCCC2)cc1. The van der Waals surface area contributed by atoms with Crippen LogP contribution in [0.2, 0.25) is 10.0 Å². The van der Waals surface area contributed by atoms with E-state index < -0.39 is 6.04 Å². The van der Waals surface area contributed by atoms with Crippen molar-refractivity contribution < 1.29 is 14.3 Å². The van der Waals surface area contributed by atoms with Crippen LogP contribution in [0.5, 0.6) is 5.75 Å². The third-order valence-corrected chi connectivity index (χ3v) is 6.46. The molecule has 1 atom stereocenters. The van der Waals surface area contributed by atoms with Crippen LogP contribution in [0.4, 0.5) is 0 Å². The number of nitrogens with zero attached hydrogens (tertiary/aromatic N) is 1. The number of carbonyl (C=O) groups excluding carboxylic acids is 2. The number of nitrogens with one attached hydrogen (secondary N) is 1. The van der Waals surface area contributed by atoms with Crippen molar-refractivity contribution in [1.82, 2.24) is 10.2 Å². The average Bonchev–Trinajstić information content (AvgIpc) is 3.27. The fourth-order valence-corrected chi connectivity index (χ4v) is 4.15. The molecule has 3 rings (SSSR count). The van der Waals surface area contributed by atoms with Crippen molar-refractivity contribution in [3.63, 3.8) is 0 Å². The summed E-state index contributed by atoms with van der Waals surface area (Å²) in [5.41, 5.74) is 1.67. The minimum absolute atomic E-state index is 0.122. The quantitative estimate of drug-likeness (QED) is 0.598. The zero-order chi connectivity index (χ0) is 22.4. The summed E-state index contributed by atoms with van der Waals surface area (Å²) in [7, 11) is 1.61. The van der Waals surface area contributed by atoms with E-state index in [9.17, 15) is 9.59 Å². The van der Waals surface area contributed by atoms with Crippen molar-refractivity contribution in [3.05, 3.63) is 63.6 Å². The number of methoxy groups -OCH3 is 1. The van der Waals surface area contributed by atoms with E-state index in [1.165, 1.54) is 0 Å². The maximum Gasteiger partial charge on any atom is 0.242 e. The summed E-state index contributed by atoms with van der Waals surface area (Å²) in [5, 5.41) is 3.95. The molecule has 31 heavy (non-hydrogen) atoms. The Balaban J connectivity index is 1.77. The van der Waals surface area contributed by atoms with Crippen LogP contribution in [-0.4, -0.2) is 35.9 Å². The molecule has 2 aromatic carbocycles. The summed E-state index contributed by atoms with van der Waals surface area (Å²) in [4.78, 5) is 27.8. The van der Waals surface area contributed by atoms with Gasteiger partial charge in [-0.1, -0.05) is 54.2 Å². The Morgan fingerprint density at radius 2 is 1.71 bits per heavy atom. The highest BCUT2D eigenvalue weighted by Crippen LogP contribution is 2.24. The topological polar surface area (TPSA) is 58.6 Å². The molecule has 5 nitrogen and oxygen atoms in total. The molecule has 166 valence electrons. The minimum Gasteiger partial charge on any atom is -0.497 e. The van der Waals surface area contributed by atoms with Gasteiger partial charge in [-0.2, -0.15) is 0 Å². The maximum atomic E-state index is 13.3. The number of ether oxygens (including phenoxy) is 1. The summed E-state index contributed by atoms with van der Waals surface area (Å²) in [5.74, 6) is 0.468. The molecule has 0 spiro atoms. The third-order valence-electron chi connectivity index (χ3n) is 5.72. The Kier molecular flexibility index (Phi) is 8.22. The fraction of sp³-hybridized carbons (Fsp3) is 0.417. The number of halogens is 2. The van der Waals surface area contributed by atoms with Crippen LogP contribution in [0.15, 0.2) is 42.5 Å². The molecule has 0 aliphatic heterocycles. The first kappa shape index (κ1) is 23.4. The molecule has 0 radical (unpaired) electrons. The summed E-state index contributed by atoms with van der Waals surface area (Å²) >= 11 is 12.1. The largest absolute Gasteiger partial charge is 0.497 e. The van der Waals surface area contributed by atoms with Gasteiger partial charge in [-0.25, -0.2) is 0 Å². The lowest BCUT2D eigenvalue weighted by Gasteiger charge is -2.30. The second-order valence-corrected chi connectivity index (χ2v) is 8.78. The molecule has 1 fully saturated rings. The number of amides is 2. The maximum absolute atomic E-state index is 13.3. The number of hydrogen-bond donors (Lipinski definition) is 1. The number of rotatable bonds is 8. The van der Waals surface area contributed by atoms with Crippen LogP contribution in [0.25, 0.3) is 0 Å². The molecule has 0 heterocycles. The van der Waals surface area contributed by atoms with Crippen molar-refractivity contribution in [2.75, 3.05) is 7.11 Å². The fourth-order valence-electron chi connectivity index (χ4n) is 3.83. The van der Waals surface area contributed by atoms with Crippen LogP contribution in [0.3, 0.4) is 0 Å². The highest BCUT2D eigenvalue weighted by molar-refractivity contribution is 6.42. The van der Waals surface area contributed by atoms with Crippen LogP contribution >= 0.6 is 23.2 Å². The Morgan fingerprint density at radius 3 is 2.32 bits per heavy atom. The van der Waals surface area contributed by atoms with Gasteiger partial charge in [0.15, 0.2) is 0 Å². The lowest BCUT2D eigenvalue weighted by atomic mass is 10.1. The second kappa shape index (κ2) is 10.9. The van der Waals surface area contributed by atoms with E-state index >= 15 is 0 Å². The number of carbonyl (C=O) groups is 2. The van der Waals surface area contributed by atoms with Gasteiger partial charge in [-0.15, -0.1) is 0 Å². The second-order valence-electron chi connectivity index (χ2n) is 7.96. The molecule has 2 amide bonds. The van der Waals surface area contributed by atoms with Gasteiger partial charge >= 0.3 is 0 Å². The first-order valence-electron chi connectivity index (χ1n) is 10.5. The highest BCUT2D eigenvalue weighted by Gasteiger charge is 2.28. The monoisotopic (exact) mass is 462 g/mol. The minimum atomic E-state index is -0.599. The van der Waals surface area contributed by atoms with Crippen molar-refractivity contribution in [2.24, 2.45) is 0 Å². The van der Waals surface area contributed by atoms with Gasteiger partial charge in [0.05, 0.1) is 23.6 Å². The zero-order valence-corrected chi connectivity index (χ0v) is 19.4. The van der Waals surface area contributed by atoms with E-state index in [4.69, 9.17) is 27.9 Å². The molecule has 1 aliphatic rings. The molecule has 0 aromatic heterocycles. The number of hydrogen-bond acceptors (Lipinski definition) is 3. The molecule has 0 saturated heterocycles. The lowest BCUT2D eigenvalue weighted by molar-refractivity contribution is -0.140. The van der Waals surface area contributed by atoms with E-state index in [-0.39, 0.29) is 24.3 Å². The van der Waals surface area contributed by atoms with E-state index in [0.717, 1.165) is 42.6 Å². The Hall–Kier alpha value is -2.24. The average molecular weight is 463 g/mol. The van der Waals surface area contributed by atoms with E-state index in [1.807, 2.05) is 24.3 Å². The van der Waals surface area contributed by atoms with Crippen molar-refractivity contribution in [2.45, 2.75) is 57.7 Å². The summed E-state index contributed by atoms with van der Waals surface area (Å²) in [6.45, 7) is 2.10. The first-order chi connectivity index (χ1) is 14.9. The van der Waals surface area contributed by atoms with Crippen molar-refractivity contribution in [1.29, 1.82) is 0 Å². The lowest BCUT2D eigenvalue weighted by Crippen LogP contribution is -2.50. The molecule has 2 aromatic rings. The van der Waals surface area contributed by atoms with Crippen molar-refractivity contribution >= 4 is 35.0 Å². The summed E-state index contributed by atoms with van der Waals surface area (Å²) < 4.78 is 5.21. The molecule has 7 heteroatoms. The van der Waals surface area contributed by atoms with Crippen LogP contribution in [-0.2, 0) is 22.6 Å². The Morgan fingerprint density at radius 1 is 1.06 bits per heavy atom. The molecular weight excluding hydrogens is 435 g/mol. The number of benzene rings is 2. The molecule has 1 aliphatic carbocycles. The predicted molar refractivity (Wildman–Crippen MR) is 124 cm³/mol. The van der Waals surface area contributed by atoms with E-state index in [0.29, 0.717) is 16.6 Å². The van der Waals surface area contributed by atoms with Gasteiger partial charge in [-0.3, -0.25) is 9.59 Å². The van der Waals surface area contributed by atoms with Gasteiger partial charge in [-0.05, 0) is 55.2 Å². The van der Waals surface area contributed by atoms with Crippen molar-refractivity contribution in [3.8, 4) is 5.75 Å². The van der Waals surface area contributed by atoms with Gasteiger partial charge in [0.2, 0.25) is 11.8 Å². The van der Waals surface area contributed by atoms with Gasteiger partial charge in [0.25, 0.3) is 0 Å². The Bertz CT molecular complexity index is 912. The molecular formula is C24H28Cl2N2O3. The first-order valence-corrected chi connectivity index (χ1v) is 11.3. The standard InChI is InChI=1S/C24H28Cl2N2O3/c1-16(24(30)27-19-5-3-4-6-19)28(15-17-7-10-20(31-2)11-8-17)23(29)14-18-9-12-21(25)22(26)13-18/h7-13,16,19H,3-6,14-15H2,1-2H3,(H,27,30). The highest BCUT2D eigenvalue weighted by atomic mass is 35.5. The van der Waals surface area contributed by atoms with E-state index in [2.05, 4.69) is 5.32 Å². The summed E-state index contributed by atoms with van der Waals surface area (Å²) in [6, 6.07) is 12.2. The Labute approximate surface area is 193 Å². The van der Waals surface area contributed by atoms with Gasteiger partial charge in [0, 0.05) is 12.6 Å².